The second kappa shape index (κ2) is 8.33. The lowest BCUT2D eigenvalue weighted by Gasteiger charge is -2.10. The third-order valence-corrected chi connectivity index (χ3v) is 4.38. The number of rotatable bonds is 8. The summed E-state index contributed by atoms with van der Waals surface area (Å²) in [4.78, 5) is 24.8. The first-order valence-corrected chi connectivity index (χ1v) is 8.04. The van der Waals surface area contributed by atoms with Crippen molar-refractivity contribution in [3.05, 3.63) is 46.2 Å². The molecule has 1 heterocycles. The summed E-state index contributed by atoms with van der Waals surface area (Å²) >= 11 is 1.46. The van der Waals surface area contributed by atoms with E-state index in [-0.39, 0.29) is 18.3 Å². The maximum absolute atomic E-state index is 11.8. The van der Waals surface area contributed by atoms with Crippen LogP contribution >= 0.6 is 11.3 Å². The van der Waals surface area contributed by atoms with Gasteiger partial charge in [0.15, 0.2) is 23.9 Å². The Balaban J connectivity index is 1.73. The Morgan fingerprint density at radius 3 is 2.52 bits per heavy atom. The van der Waals surface area contributed by atoms with E-state index < -0.39 is 0 Å². The van der Waals surface area contributed by atoms with E-state index in [0.717, 1.165) is 9.75 Å². The molecule has 0 aliphatic heterocycles. The van der Waals surface area contributed by atoms with Gasteiger partial charge in [-0.15, -0.1) is 11.3 Å². The molecule has 0 aliphatic carbocycles. The maximum Gasteiger partial charge on any atom is 0.257 e. The number of benzene rings is 1. The Bertz CT molecular complexity index is 681. The molecule has 1 N–H and O–H groups in total. The molecule has 0 atom stereocenters. The van der Waals surface area contributed by atoms with Crippen molar-refractivity contribution in [3.63, 3.8) is 0 Å². The number of hydrogen-bond acceptors (Lipinski definition) is 5. The van der Waals surface area contributed by atoms with Gasteiger partial charge in [-0.05, 0) is 37.6 Å². The summed E-state index contributed by atoms with van der Waals surface area (Å²) in [5.74, 6) is 1.000. The molecular formula is C17H19NO4S. The molecule has 23 heavy (non-hydrogen) atoms. The average molecular weight is 333 g/mol. The molecule has 1 amide bonds. The highest BCUT2D eigenvalue weighted by Crippen LogP contribution is 2.25. The van der Waals surface area contributed by atoms with Crippen LogP contribution in [0.5, 0.6) is 11.5 Å². The summed E-state index contributed by atoms with van der Waals surface area (Å²) < 4.78 is 10.6. The van der Waals surface area contributed by atoms with Crippen molar-refractivity contribution in [3.8, 4) is 11.5 Å². The number of ether oxygens (including phenoxy) is 2. The average Bonchev–Trinajstić information content (AvgIpc) is 3.02. The van der Waals surface area contributed by atoms with Crippen LogP contribution in [0.4, 0.5) is 0 Å². The van der Waals surface area contributed by atoms with Crippen LogP contribution in [0.25, 0.3) is 0 Å². The lowest BCUT2D eigenvalue weighted by molar-refractivity contribution is -0.123. The summed E-state index contributed by atoms with van der Waals surface area (Å²) in [5.41, 5.74) is 0. The highest BCUT2D eigenvalue weighted by atomic mass is 32.1. The highest BCUT2D eigenvalue weighted by molar-refractivity contribution is 7.14. The van der Waals surface area contributed by atoms with E-state index in [0.29, 0.717) is 24.5 Å². The van der Waals surface area contributed by atoms with Crippen LogP contribution in [0, 0.1) is 0 Å². The second-order valence-electron chi connectivity index (χ2n) is 4.86. The molecule has 0 fully saturated rings. The summed E-state index contributed by atoms with van der Waals surface area (Å²) in [5, 5.41) is 2.79. The van der Waals surface area contributed by atoms with Crippen LogP contribution in [0.1, 0.15) is 21.5 Å². The van der Waals surface area contributed by atoms with E-state index in [1.807, 2.05) is 24.3 Å². The quantitative estimate of drug-likeness (QED) is 0.755. The first kappa shape index (κ1) is 17.0. The molecule has 0 spiro atoms. The van der Waals surface area contributed by atoms with Gasteiger partial charge < -0.3 is 14.8 Å². The fourth-order valence-electron chi connectivity index (χ4n) is 1.96. The van der Waals surface area contributed by atoms with Crippen LogP contribution in [0.2, 0.25) is 0 Å². The highest BCUT2D eigenvalue weighted by Gasteiger charge is 2.08. The fourth-order valence-corrected chi connectivity index (χ4v) is 2.86. The SMILES string of the molecule is COc1ccccc1OCC(=O)NCCc1ccc(C(C)=O)s1. The third kappa shape index (κ3) is 5.10. The summed E-state index contributed by atoms with van der Waals surface area (Å²) in [7, 11) is 1.55. The van der Waals surface area contributed by atoms with E-state index in [2.05, 4.69) is 5.32 Å². The fraction of sp³-hybridized carbons (Fsp3) is 0.294. The number of Topliss-reactive ketones (excluding diaryl/α,β-unsaturated/α-hetero) is 1. The molecule has 1 aromatic heterocycles. The van der Waals surface area contributed by atoms with Gasteiger partial charge in [0.1, 0.15) is 0 Å². The lowest BCUT2D eigenvalue weighted by atomic mass is 10.3. The number of hydrogen-bond donors (Lipinski definition) is 1. The van der Waals surface area contributed by atoms with Crippen LogP contribution in [0.15, 0.2) is 36.4 Å². The van der Waals surface area contributed by atoms with Gasteiger partial charge in [-0.25, -0.2) is 0 Å². The molecule has 0 aliphatic rings. The number of thiophene rings is 1. The zero-order valence-corrected chi connectivity index (χ0v) is 13.9. The van der Waals surface area contributed by atoms with Crippen molar-refractivity contribution in [1.29, 1.82) is 0 Å². The maximum atomic E-state index is 11.8. The van der Waals surface area contributed by atoms with E-state index in [1.54, 1.807) is 26.2 Å². The van der Waals surface area contributed by atoms with Gasteiger partial charge in [0.2, 0.25) is 0 Å². The van der Waals surface area contributed by atoms with Crippen LogP contribution in [-0.2, 0) is 11.2 Å². The van der Waals surface area contributed by atoms with E-state index in [4.69, 9.17) is 9.47 Å². The van der Waals surface area contributed by atoms with Crippen molar-refractivity contribution < 1.29 is 19.1 Å². The number of amides is 1. The van der Waals surface area contributed by atoms with Gasteiger partial charge in [0, 0.05) is 11.4 Å². The number of nitrogens with one attached hydrogen (secondary N) is 1. The lowest BCUT2D eigenvalue weighted by Crippen LogP contribution is -2.30. The summed E-state index contributed by atoms with van der Waals surface area (Å²) in [6, 6.07) is 10.9. The Morgan fingerprint density at radius 2 is 1.87 bits per heavy atom. The topological polar surface area (TPSA) is 64.6 Å². The molecule has 2 aromatic rings. The molecule has 6 heteroatoms. The predicted molar refractivity (Wildman–Crippen MR) is 89.5 cm³/mol. The second-order valence-corrected chi connectivity index (χ2v) is 6.03. The molecular weight excluding hydrogens is 314 g/mol. The van der Waals surface area contributed by atoms with Gasteiger partial charge >= 0.3 is 0 Å². The molecule has 2 rings (SSSR count). The molecule has 122 valence electrons. The Hall–Kier alpha value is -2.34. The zero-order valence-electron chi connectivity index (χ0n) is 13.1. The van der Waals surface area contributed by atoms with Crippen molar-refractivity contribution in [1.82, 2.24) is 5.32 Å². The molecule has 0 radical (unpaired) electrons. The van der Waals surface area contributed by atoms with Crippen LogP contribution < -0.4 is 14.8 Å². The number of methoxy groups -OCH3 is 1. The predicted octanol–water partition coefficient (Wildman–Crippen LogP) is 2.70. The van der Waals surface area contributed by atoms with E-state index in [9.17, 15) is 9.59 Å². The number of ketones is 1. The smallest absolute Gasteiger partial charge is 0.257 e. The minimum atomic E-state index is -0.195. The molecule has 0 unspecified atom stereocenters. The molecule has 1 aromatic carbocycles. The molecule has 0 saturated carbocycles. The molecule has 5 nitrogen and oxygen atoms in total. The third-order valence-electron chi connectivity index (χ3n) is 3.13. The number of para-hydroxylation sites is 2. The zero-order chi connectivity index (χ0) is 16.7. The van der Waals surface area contributed by atoms with Crippen LogP contribution in [0.3, 0.4) is 0 Å². The van der Waals surface area contributed by atoms with Gasteiger partial charge in [-0.3, -0.25) is 9.59 Å². The van der Waals surface area contributed by atoms with Crippen molar-refractivity contribution in [2.45, 2.75) is 13.3 Å². The van der Waals surface area contributed by atoms with Gasteiger partial charge in [-0.1, -0.05) is 12.1 Å². The number of carbonyl (C=O) groups excluding carboxylic acids is 2. The molecule has 0 saturated heterocycles. The van der Waals surface area contributed by atoms with Gasteiger partial charge in [0.05, 0.1) is 12.0 Å². The monoisotopic (exact) mass is 333 g/mol. The van der Waals surface area contributed by atoms with Gasteiger partial charge in [0.25, 0.3) is 5.91 Å². The van der Waals surface area contributed by atoms with Gasteiger partial charge in [-0.2, -0.15) is 0 Å². The van der Waals surface area contributed by atoms with Crippen LogP contribution in [-0.4, -0.2) is 32.0 Å². The largest absolute Gasteiger partial charge is 0.493 e. The van der Waals surface area contributed by atoms with E-state index >= 15 is 0 Å². The normalized spacial score (nSPS) is 10.2. The summed E-state index contributed by atoms with van der Waals surface area (Å²) in [6.45, 7) is 1.99. The standard InChI is InChI=1S/C17H19NO4S/c1-12(19)16-8-7-13(23-16)9-10-18-17(20)11-22-15-6-4-3-5-14(15)21-2/h3-8H,9-11H2,1-2H3,(H,18,20). The van der Waals surface area contributed by atoms with Crippen molar-refractivity contribution >= 4 is 23.0 Å². The minimum Gasteiger partial charge on any atom is -0.493 e. The minimum absolute atomic E-state index is 0.0653. The molecule has 0 bridgehead atoms. The first-order valence-electron chi connectivity index (χ1n) is 7.22. The van der Waals surface area contributed by atoms with E-state index in [1.165, 1.54) is 11.3 Å². The first-order chi connectivity index (χ1) is 11.1. The van der Waals surface area contributed by atoms with Crippen molar-refractivity contribution in [2.24, 2.45) is 0 Å². The number of carbonyl (C=O) groups is 2. The Morgan fingerprint density at radius 1 is 1.13 bits per heavy atom. The Labute approximate surface area is 139 Å². The summed E-state index contributed by atoms with van der Waals surface area (Å²) in [6.07, 6.45) is 0.693. The Kier molecular flexibility index (Phi) is 6.17. The van der Waals surface area contributed by atoms with Crippen molar-refractivity contribution in [2.75, 3.05) is 20.3 Å².